The van der Waals surface area contributed by atoms with E-state index in [2.05, 4.69) is 5.32 Å². The number of carbonyl (C=O) groups excluding carboxylic acids is 3. The van der Waals surface area contributed by atoms with Gasteiger partial charge in [-0.1, -0.05) is 20.8 Å². The Morgan fingerprint density at radius 1 is 1.07 bits per heavy atom. The first kappa shape index (κ1) is 26.8. The summed E-state index contributed by atoms with van der Waals surface area (Å²) in [5.41, 5.74) is 5.25. The lowest BCUT2D eigenvalue weighted by Gasteiger charge is -2.28. The van der Waals surface area contributed by atoms with Crippen LogP contribution in [0.4, 0.5) is 0 Å². The van der Waals surface area contributed by atoms with E-state index in [0.717, 1.165) is 0 Å². The Hall–Kier alpha value is -2.20. The van der Waals surface area contributed by atoms with Gasteiger partial charge in [0.05, 0.1) is 47.1 Å². The molecule has 0 saturated carbocycles. The number of carbonyl (C=O) groups is 4. The van der Waals surface area contributed by atoms with E-state index in [1.165, 1.54) is 0 Å². The molecule has 0 aromatic rings. The van der Waals surface area contributed by atoms with Crippen LogP contribution in [-0.2, 0) is 28.7 Å². The molecule has 0 aromatic heterocycles. The second-order valence-corrected chi connectivity index (χ2v) is 8.62. The first-order chi connectivity index (χ1) is 13.2. The van der Waals surface area contributed by atoms with Gasteiger partial charge < -0.3 is 30.1 Å². The third-order valence-corrected chi connectivity index (χ3v) is 3.90. The van der Waals surface area contributed by atoms with Crippen molar-refractivity contribution < 1.29 is 38.2 Å². The van der Waals surface area contributed by atoms with Crippen LogP contribution in [0.2, 0.25) is 0 Å². The van der Waals surface area contributed by atoms with Gasteiger partial charge in [-0.05, 0) is 5.92 Å². The minimum absolute atomic E-state index is 0.0257. The lowest BCUT2D eigenvalue weighted by atomic mass is 10.0. The third kappa shape index (κ3) is 12.8. The fraction of sp³-hybridized carbons (Fsp3) is 0.789. The molecule has 0 aromatic carbocycles. The summed E-state index contributed by atoms with van der Waals surface area (Å²) < 4.78 is 11.0. The van der Waals surface area contributed by atoms with Crippen LogP contribution in [0.5, 0.6) is 0 Å². The Morgan fingerprint density at radius 3 is 2.10 bits per heavy atom. The van der Waals surface area contributed by atoms with Gasteiger partial charge in [0.25, 0.3) is 0 Å². The molecular formula is C19H36N3O7+. The molecular weight excluding hydrogens is 382 g/mol. The van der Waals surface area contributed by atoms with Crippen LogP contribution in [0.25, 0.3) is 0 Å². The molecule has 0 fully saturated rings. The average Bonchev–Trinajstić information content (AvgIpc) is 2.54. The molecule has 0 aliphatic rings. The number of esters is 2. The summed E-state index contributed by atoms with van der Waals surface area (Å²) in [7, 11) is 5.62. The van der Waals surface area contributed by atoms with Crippen molar-refractivity contribution in [2.75, 3.05) is 40.8 Å². The standard InChI is InChI=1S/C19H35N3O7/c1-12(2)18(21-15(23)9-20)19(27)28-11-13(3)7-17(26)29-14(8-16(24)25)10-22(4,5)6/h12-14,18H,7-11,20H2,1-6H3,(H-,21,23,24,25)/p+1/t13?,14?,18-/m0/s1. The van der Waals surface area contributed by atoms with E-state index in [-0.39, 0.29) is 37.8 Å². The summed E-state index contributed by atoms with van der Waals surface area (Å²) in [6, 6.07) is -0.824. The topological polar surface area (TPSA) is 145 Å². The lowest BCUT2D eigenvalue weighted by molar-refractivity contribution is -0.873. The number of aliphatic carboxylic acids is 1. The number of amides is 1. The maximum absolute atomic E-state index is 12.2. The number of hydrogen-bond acceptors (Lipinski definition) is 7. The zero-order chi connectivity index (χ0) is 22.8. The number of nitrogens with zero attached hydrogens (tertiary/aromatic N) is 1. The third-order valence-electron chi connectivity index (χ3n) is 3.90. The van der Waals surface area contributed by atoms with Crippen molar-refractivity contribution in [2.45, 2.75) is 45.8 Å². The zero-order valence-electron chi connectivity index (χ0n) is 18.3. The van der Waals surface area contributed by atoms with Crippen molar-refractivity contribution in [1.82, 2.24) is 5.32 Å². The van der Waals surface area contributed by atoms with E-state index in [9.17, 15) is 19.2 Å². The lowest BCUT2D eigenvalue weighted by Crippen LogP contribution is -2.47. The van der Waals surface area contributed by atoms with Crippen molar-refractivity contribution in [3.63, 3.8) is 0 Å². The molecule has 0 aliphatic carbocycles. The Morgan fingerprint density at radius 2 is 1.66 bits per heavy atom. The van der Waals surface area contributed by atoms with E-state index < -0.39 is 36.0 Å². The summed E-state index contributed by atoms with van der Waals surface area (Å²) >= 11 is 0. The number of carboxylic acid groups (broad SMARTS) is 1. The van der Waals surface area contributed by atoms with Gasteiger partial charge in [0.1, 0.15) is 12.6 Å². The number of nitrogens with one attached hydrogen (secondary N) is 1. The van der Waals surface area contributed by atoms with Crippen molar-refractivity contribution >= 4 is 23.8 Å². The van der Waals surface area contributed by atoms with Gasteiger partial charge in [0.2, 0.25) is 5.91 Å². The molecule has 2 unspecified atom stereocenters. The Kier molecular flexibility index (Phi) is 11.4. The van der Waals surface area contributed by atoms with Crippen LogP contribution in [0.1, 0.15) is 33.6 Å². The molecule has 0 spiro atoms. The number of carboxylic acids is 1. The van der Waals surface area contributed by atoms with Crippen LogP contribution < -0.4 is 11.1 Å². The molecule has 10 nitrogen and oxygen atoms in total. The van der Waals surface area contributed by atoms with E-state index in [1.807, 2.05) is 21.1 Å². The highest BCUT2D eigenvalue weighted by Gasteiger charge is 2.27. The number of ether oxygens (including phenoxy) is 2. The Bertz CT molecular complexity index is 573. The molecule has 1 amide bonds. The summed E-state index contributed by atoms with van der Waals surface area (Å²) in [6.45, 7) is 5.33. The molecule has 0 saturated heterocycles. The van der Waals surface area contributed by atoms with Crippen molar-refractivity contribution in [2.24, 2.45) is 17.6 Å². The largest absolute Gasteiger partial charge is 0.481 e. The normalized spacial score (nSPS) is 14.6. The maximum atomic E-state index is 12.2. The molecule has 0 bridgehead atoms. The molecule has 0 rings (SSSR count). The highest BCUT2D eigenvalue weighted by Crippen LogP contribution is 2.11. The Balaban J connectivity index is 4.64. The van der Waals surface area contributed by atoms with E-state index in [4.69, 9.17) is 20.3 Å². The maximum Gasteiger partial charge on any atom is 0.328 e. The predicted molar refractivity (Wildman–Crippen MR) is 106 cm³/mol. The fourth-order valence-electron chi connectivity index (χ4n) is 2.57. The van der Waals surface area contributed by atoms with Crippen LogP contribution in [0.15, 0.2) is 0 Å². The number of hydrogen-bond donors (Lipinski definition) is 3. The molecule has 0 heterocycles. The predicted octanol–water partition coefficient (Wildman–Crippen LogP) is -0.252. The van der Waals surface area contributed by atoms with E-state index >= 15 is 0 Å². The first-order valence-electron chi connectivity index (χ1n) is 9.63. The van der Waals surface area contributed by atoms with Crippen molar-refractivity contribution in [1.29, 1.82) is 0 Å². The highest BCUT2D eigenvalue weighted by molar-refractivity contribution is 5.85. The van der Waals surface area contributed by atoms with Crippen molar-refractivity contribution in [3.8, 4) is 0 Å². The number of quaternary nitrogens is 1. The minimum Gasteiger partial charge on any atom is -0.481 e. The molecule has 29 heavy (non-hydrogen) atoms. The average molecular weight is 419 g/mol. The minimum atomic E-state index is -1.04. The zero-order valence-corrected chi connectivity index (χ0v) is 18.3. The van der Waals surface area contributed by atoms with Gasteiger partial charge in [-0.15, -0.1) is 0 Å². The highest BCUT2D eigenvalue weighted by atomic mass is 16.5. The van der Waals surface area contributed by atoms with Crippen LogP contribution in [-0.4, -0.2) is 86.4 Å². The van der Waals surface area contributed by atoms with Gasteiger partial charge >= 0.3 is 17.9 Å². The van der Waals surface area contributed by atoms with Gasteiger partial charge in [0.15, 0.2) is 6.10 Å². The first-order valence-corrected chi connectivity index (χ1v) is 9.63. The monoisotopic (exact) mass is 418 g/mol. The summed E-state index contributed by atoms with van der Waals surface area (Å²) in [4.78, 5) is 46.8. The number of rotatable bonds is 13. The van der Waals surface area contributed by atoms with Gasteiger partial charge in [-0.2, -0.15) is 0 Å². The smallest absolute Gasteiger partial charge is 0.328 e. The van der Waals surface area contributed by atoms with Crippen LogP contribution in [0, 0.1) is 11.8 Å². The fourth-order valence-corrected chi connectivity index (χ4v) is 2.57. The molecule has 0 aliphatic heterocycles. The van der Waals surface area contributed by atoms with Crippen molar-refractivity contribution in [3.05, 3.63) is 0 Å². The SMILES string of the molecule is CC(COC(=O)[C@@H](NC(=O)CN)C(C)C)CC(=O)OC(CC(=O)O)C[N+](C)(C)C. The molecule has 4 N–H and O–H groups in total. The van der Waals surface area contributed by atoms with Crippen LogP contribution >= 0.6 is 0 Å². The summed E-state index contributed by atoms with van der Waals surface area (Å²) in [5.74, 6) is -3.18. The second-order valence-electron chi connectivity index (χ2n) is 8.62. The summed E-state index contributed by atoms with van der Waals surface area (Å²) in [6.07, 6.45) is -1.05. The van der Waals surface area contributed by atoms with Crippen LogP contribution in [0.3, 0.4) is 0 Å². The van der Waals surface area contributed by atoms with Gasteiger partial charge in [-0.3, -0.25) is 14.4 Å². The molecule has 10 heteroatoms. The van der Waals surface area contributed by atoms with Gasteiger partial charge in [0, 0.05) is 5.92 Å². The van der Waals surface area contributed by atoms with E-state index in [1.54, 1.807) is 20.8 Å². The number of nitrogens with two attached hydrogens (primary N) is 1. The second kappa shape index (κ2) is 12.4. The number of likely N-dealkylation sites (N-methyl/N-ethyl adjacent to an activating group) is 1. The van der Waals surface area contributed by atoms with Gasteiger partial charge in [-0.25, -0.2) is 4.79 Å². The molecule has 3 atom stereocenters. The quantitative estimate of drug-likeness (QED) is 0.274. The summed E-state index contributed by atoms with van der Waals surface area (Å²) in [5, 5.41) is 11.5. The van der Waals surface area contributed by atoms with E-state index in [0.29, 0.717) is 11.0 Å². The molecule has 0 radical (unpaired) electrons. The Labute approximate surface area is 172 Å². The molecule has 168 valence electrons.